The van der Waals surface area contributed by atoms with Gasteiger partial charge in [-0.25, -0.2) is 0 Å². The fraction of sp³-hybridized carbons (Fsp3) is 1.00. The van der Waals surface area contributed by atoms with Crippen LogP contribution >= 0.6 is 10.0 Å². The van der Waals surface area contributed by atoms with Gasteiger partial charge in [0.2, 0.25) is 0 Å². The van der Waals surface area contributed by atoms with E-state index in [4.69, 9.17) is 10.0 Å². The van der Waals surface area contributed by atoms with E-state index in [1.54, 1.807) is 0 Å². The van der Waals surface area contributed by atoms with Gasteiger partial charge < -0.3 is 0 Å². The molecule has 0 aliphatic heterocycles. The van der Waals surface area contributed by atoms with Crippen molar-refractivity contribution in [3.8, 4) is 0 Å². The van der Waals surface area contributed by atoms with Crippen LogP contribution in [0.15, 0.2) is 0 Å². The first-order chi connectivity index (χ1) is 9.82. The molecule has 3 fully saturated rings. The molecule has 0 aromatic carbocycles. The molecule has 0 atom stereocenters. The summed E-state index contributed by atoms with van der Waals surface area (Å²) in [5.41, 5.74) is 0. The summed E-state index contributed by atoms with van der Waals surface area (Å²) >= 11 is -2.19. The molecule has 2 heteroatoms. The van der Waals surface area contributed by atoms with Gasteiger partial charge in [0.15, 0.2) is 0 Å². The zero-order chi connectivity index (χ0) is 13.8. The Balaban J connectivity index is 1.79. The van der Waals surface area contributed by atoms with E-state index in [1.165, 1.54) is 96.3 Å². The molecule has 0 aromatic heterocycles. The Morgan fingerprint density at radius 2 is 0.700 bits per heavy atom. The number of halogens is 1. The second-order valence-corrected chi connectivity index (χ2v) is 19.8. The summed E-state index contributed by atoms with van der Waals surface area (Å²) in [7, 11) is 7.76. The van der Waals surface area contributed by atoms with Crippen molar-refractivity contribution in [3.05, 3.63) is 0 Å². The predicted molar refractivity (Wildman–Crippen MR) is 92.1 cm³/mol. The van der Waals surface area contributed by atoms with Gasteiger partial charge >= 0.3 is 133 Å². The van der Waals surface area contributed by atoms with Crippen LogP contribution in [-0.4, -0.2) is 12.3 Å². The molecule has 0 heterocycles. The predicted octanol–water partition coefficient (Wildman–Crippen LogP) is 7.17. The standard InChI is InChI=1S/C18H33ClGe/c19-20(16-10-4-1-5-11-16,17-12-6-2-7-13-17)18-14-8-3-9-15-18/h16-18H,1-15H2. The van der Waals surface area contributed by atoms with E-state index in [0.717, 1.165) is 14.3 Å². The minimum atomic E-state index is -2.19. The molecule has 0 aromatic rings. The van der Waals surface area contributed by atoms with Crippen LogP contribution in [0.3, 0.4) is 0 Å². The molecule has 0 amide bonds. The van der Waals surface area contributed by atoms with Gasteiger partial charge in [-0.1, -0.05) is 0 Å². The van der Waals surface area contributed by atoms with Crippen LogP contribution in [0.2, 0.25) is 14.3 Å². The van der Waals surface area contributed by atoms with Gasteiger partial charge in [-0.2, -0.15) is 0 Å². The fourth-order valence-corrected chi connectivity index (χ4v) is 21.4. The van der Waals surface area contributed by atoms with Crippen LogP contribution in [0.5, 0.6) is 0 Å². The van der Waals surface area contributed by atoms with E-state index in [2.05, 4.69) is 0 Å². The van der Waals surface area contributed by atoms with Crippen LogP contribution in [0.4, 0.5) is 0 Å². The maximum absolute atomic E-state index is 7.76. The first-order valence-corrected chi connectivity index (χ1v) is 15.9. The minimum absolute atomic E-state index is 1.02. The van der Waals surface area contributed by atoms with Crippen LogP contribution in [-0.2, 0) is 0 Å². The van der Waals surface area contributed by atoms with Crippen molar-refractivity contribution in [1.29, 1.82) is 0 Å². The Hall–Kier alpha value is 0.833. The third-order valence-electron chi connectivity index (χ3n) is 6.69. The molecule has 0 radical (unpaired) electrons. The molecule has 0 unspecified atom stereocenters. The summed E-state index contributed by atoms with van der Waals surface area (Å²) in [5, 5.41) is 0. The number of hydrogen-bond donors (Lipinski definition) is 0. The average Bonchev–Trinajstić information content (AvgIpc) is 2.56. The molecule has 0 nitrogen and oxygen atoms in total. The molecule has 0 saturated heterocycles. The third kappa shape index (κ3) is 3.26. The molecule has 0 bridgehead atoms. The zero-order valence-electron chi connectivity index (χ0n) is 13.2. The monoisotopic (exact) mass is 358 g/mol. The molecule has 3 rings (SSSR count). The van der Waals surface area contributed by atoms with Crippen molar-refractivity contribution in [1.82, 2.24) is 0 Å². The zero-order valence-corrected chi connectivity index (χ0v) is 16.1. The van der Waals surface area contributed by atoms with Gasteiger partial charge in [0.05, 0.1) is 0 Å². The van der Waals surface area contributed by atoms with Crippen molar-refractivity contribution >= 4 is 22.3 Å². The molecule has 0 spiro atoms. The van der Waals surface area contributed by atoms with E-state index in [0.29, 0.717) is 0 Å². The Bertz CT molecular complexity index is 240. The summed E-state index contributed by atoms with van der Waals surface area (Å²) in [6.45, 7) is 0. The molecule has 20 heavy (non-hydrogen) atoms. The van der Waals surface area contributed by atoms with E-state index >= 15 is 0 Å². The van der Waals surface area contributed by atoms with Crippen molar-refractivity contribution in [3.63, 3.8) is 0 Å². The molecular formula is C18H33ClGe. The molecule has 116 valence electrons. The SMILES string of the molecule is [Cl][Ge]([CH]1CCCCC1)([CH]1CCCCC1)[CH]1CCCCC1. The average molecular weight is 358 g/mol. The van der Waals surface area contributed by atoms with E-state index in [1.807, 2.05) is 0 Å². The van der Waals surface area contributed by atoms with Crippen LogP contribution in [0.1, 0.15) is 96.3 Å². The Morgan fingerprint density at radius 3 is 0.950 bits per heavy atom. The van der Waals surface area contributed by atoms with Crippen molar-refractivity contribution < 1.29 is 0 Å². The van der Waals surface area contributed by atoms with Crippen LogP contribution in [0, 0.1) is 0 Å². The summed E-state index contributed by atoms with van der Waals surface area (Å²) < 4.78 is 3.07. The molecule has 3 aliphatic rings. The Kier molecular flexibility index (Phi) is 5.82. The van der Waals surface area contributed by atoms with Crippen molar-refractivity contribution in [2.45, 2.75) is 111 Å². The van der Waals surface area contributed by atoms with Crippen molar-refractivity contribution in [2.75, 3.05) is 0 Å². The van der Waals surface area contributed by atoms with Gasteiger partial charge in [-0.3, -0.25) is 0 Å². The molecular weight excluding hydrogens is 324 g/mol. The van der Waals surface area contributed by atoms with Gasteiger partial charge in [0.1, 0.15) is 0 Å². The maximum atomic E-state index is 7.76. The number of hydrogen-bond acceptors (Lipinski definition) is 0. The second-order valence-electron chi connectivity index (χ2n) is 7.83. The normalized spacial score (nSPS) is 28.6. The van der Waals surface area contributed by atoms with E-state index < -0.39 is 12.3 Å². The molecule has 0 N–H and O–H groups in total. The summed E-state index contributed by atoms with van der Waals surface area (Å²) in [6.07, 6.45) is 22.5. The molecule has 3 saturated carbocycles. The van der Waals surface area contributed by atoms with Gasteiger partial charge in [-0.05, 0) is 0 Å². The van der Waals surface area contributed by atoms with Crippen LogP contribution in [0.25, 0.3) is 0 Å². The second kappa shape index (κ2) is 7.40. The third-order valence-corrected chi connectivity index (χ3v) is 23.0. The summed E-state index contributed by atoms with van der Waals surface area (Å²) in [4.78, 5) is 0. The number of rotatable bonds is 3. The van der Waals surface area contributed by atoms with Gasteiger partial charge in [0, 0.05) is 0 Å². The first-order valence-electron chi connectivity index (χ1n) is 9.50. The van der Waals surface area contributed by atoms with Gasteiger partial charge in [0.25, 0.3) is 0 Å². The topological polar surface area (TPSA) is 0 Å². The van der Waals surface area contributed by atoms with E-state index in [-0.39, 0.29) is 0 Å². The first kappa shape index (κ1) is 15.7. The Morgan fingerprint density at radius 1 is 0.450 bits per heavy atom. The summed E-state index contributed by atoms with van der Waals surface area (Å²) in [6, 6.07) is 0. The quantitative estimate of drug-likeness (QED) is 0.469. The Labute approximate surface area is 133 Å². The van der Waals surface area contributed by atoms with E-state index in [9.17, 15) is 0 Å². The molecule has 3 aliphatic carbocycles. The summed E-state index contributed by atoms with van der Waals surface area (Å²) in [5.74, 6) is 0. The fourth-order valence-electron chi connectivity index (χ4n) is 5.64. The van der Waals surface area contributed by atoms with Crippen LogP contribution < -0.4 is 0 Å². The van der Waals surface area contributed by atoms with Gasteiger partial charge in [-0.15, -0.1) is 0 Å². The van der Waals surface area contributed by atoms with Crippen molar-refractivity contribution in [2.24, 2.45) is 0 Å².